The summed E-state index contributed by atoms with van der Waals surface area (Å²) in [7, 11) is 0. The predicted molar refractivity (Wildman–Crippen MR) is 93.5 cm³/mol. The fourth-order valence-corrected chi connectivity index (χ4v) is 6.96. The molecule has 0 aromatic heterocycles. The maximum absolute atomic E-state index is 10.6. The second-order valence-corrected chi connectivity index (χ2v) is 9.24. The van der Waals surface area contributed by atoms with E-state index in [0.29, 0.717) is 11.3 Å². The first-order valence-corrected chi connectivity index (χ1v) is 9.93. The van der Waals surface area contributed by atoms with E-state index in [2.05, 4.69) is 19.9 Å². The van der Waals surface area contributed by atoms with E-state index in [4.69, 9.17) is 4.74 Å². The molecular formula is C21H32O3. The average molecular weight is 332 g/mol. The Labute approximate surface area is 145 Å². The molecule has 0 heterocycles. The van der Waals surface area contributed by atoms with Gasteiger partial charge < -0.3 is 14.6 Å². The molecule has 0 aliphatic heterocycles. The van der Waals surface area contributed by atoms with Crippen LogP contribution in [0.15, 0.2) is 11.6 Å². The molecule has 4 aliphatic carbocycles. The van der Waals surface area contributed by atoms with Gasteiger partial charge in [0.05, 0.1) is 12.2 Å². The molecule has 1 N–H and O–H groups in total. The molecule has 4 aliphatic rings. The monoisotopic (exact) mass is 332 g/mol. The van der Waals surface area contributed by atoms with Crippen molar-refractivity contribution in [1.29, 1.82) is 0 Å². The molecule has 0 bridgehead atoms. The molecule has 4 rings (SSSR count). The van der Waals surface area contributed by atoms with E-state index in [1.165, 1.54) is 38.5 Å². The van der Waals surface area contributed by atoms with Crippen molar-refractivity contribution >= 4 is 6.29 Å². The van der Waals surface area contributed by atoms with Gasteiger partial charge in [0.15, 0.2) is 0 Å². The van der Waals surface area contributed by atoms with Gasteiger partial charge in [-0.15, -0.1) is 0 Å². The van der Waals surface area contributed by atoms with Crippen molar-refractivity contribution in [2.45, 2.75) is 77.4 Å². The molecule has 3 saturated carbocycles. The van der Waals surface area contributed by atoms with Gasteiger partial charge in [-0.2, -0.15) is 0 Å². The molecule has 24 heavy (non-hydrogen) atoms. The number of allylic oxidation sites excluding steroid dienone is 1. The lowest BCUT2D eigenvalue weighted by Gasteiger charge is -2.58. The summed E-state index contributed by atoms with van der Waals surface area (Å²) in [5.74, 6) is 2.28. The molecule has 0 spiro atoms. The van der Waals surface area contributed by atoms with Crippen molar-refractivity contribution in [3.8, 4) is 0 Å². The number of hydrogen-bond acceptors (Lipinski definition) is 3. The van der Waals surface area contributed by atoms with Crippen molar-refractivity contribution in [2.24, 2.45) is 28.6 Å². The fraction of sp³-hybridized carbons (Fsp3) is 0.857. The minimum Gasteiger partial charge on any atom is -0.393 e. The van der Waals surface area contributed by atoms with Crippen LogP contribution in [0.4, 0.5) is 0 Å². The molecule has 7 atom stereocenters. The van der Waals surface area contributed by atoms with E-state index < -0.39 is 0 Å². The van der Waals surface area contributed by atoms with Crippen LogP contribution in [0.2, 0.25) is 0 Å². The molecule has 0 amide bonds. The van der Waals surface area contributed by atoms with Gasteiger partial charge in [-0.25, -0.2) is 0 Å². The fourth-order valence-electron chi connectivity index (χ4n) is 6.96. The quantitative estimate of drug-likeness (QED) is 0.630. The largest absolute Gasteiger partial charge is 0.393 e. The highest BCUT2D eigenvalue weighted by molar-refractivity contribution is 5.50. The number of carbonyl (C=O) groups excluding carboxylic acids is 1. The van der Waals surface area contributed by atoms with Crippen molar-refractivity contribution in [2.75, 3.05) is 6.61 Å². The van der Waals surface area contributed by atoms with Gasteiger partial charge in [0.2, 0.25) is 0 Å². The number of rotatable bonds is 3. The van der Waals surface area contributed by atoms with Crippen LogP contribution in [0.1, 0.15) is 65.2 Å². The van der Waals surface area contributed by atoms with Crippen LogP contribution < -0.4 is 0 Å². The second kappa shape index (κ2) is 5.95. The summed E-state index contributed by atoms with van der Waals surface area (Å²) in [4.78, 5) is 10.6. The summed E-state index contributed by atoms with van der Waals surface area (Å²) in [6, 6.07) is 0. The Kier molecular flexibility index (Phi) is 4.16. The highest BCUT2D eigenvalue weighted by Gasteiger charge is 2.58. The Morgan fingerprint density at radius 2 is 2.00 bits per heavy atom. The van der Waals surface area contributed by atoms with Crippen LogP contribution in [-0.4, -0.2) is 30.2 Å². The number of fused-ring (bicyclic) bond motifs is 5. The van der Waals surface area contributed by atoms with Gasteiger partial charge in [-0.05, 0) is 80.0 Å². The number of carbonyl (C=O) groups is 1. The summed E-state index contributed by atoms with van der Waals surface area (Å²) < 4.78 is 5.68. The number of aliphatic hydroxyl groups is 1. The molecule has 6 unspecified atom stereocenters. The van der Waals surface area contributed by atoms with E-state index in [0.717, 1.165) is 31.0 Å². The molecule has 3 heteroatoms. The number of hydrogen-bond donors (Lipinski definition) is 1. The number of aldehydes is 1. The zero-order chi connectivity index (χ0) is 16.9. The minimum atomic E-state index is -0.0827. The Balaban J connectivity index is 1.57. The SMILES string of the molecule is CC12CC[C@@H](OCC=O)C=C1CCC1C2CCC2(C)C(O)CCC12. The molecular weight excluding hydrogens is 300 g/mol. The third-order valence-corrected chi connectivity index (χ3v) is 8.40. The van der Waals surface area contributed by atoms with Crippen LogP contribution in [0.5, 0.6) is 0 Å². The normalized spacial score (nSPS) is 50.5. The van der Waals surface area contributed by atoms with Crippen molar-refractivity contribution in [1.82, 2.24) is 0 Å². The zero-order valence-electron chi connectivity index (χ0n) is 15.2. The van der Waals surface area contributed by atoms with Gasteiger partial charge in [-0.1, -0.05) is 25.5 Å². The highest BCUT2D eigenvalue weighted by Crippen LogP contribution is 2.65. The predicted octanol–water partition coefficient (Wildman–Crippen LogP) is 3.89. The van der Waals surface area contributed by atoms with Crippen molar-refractivity contribution in [3.05, 3.63) is 11.6 Å². The minimum absolute atomic E-state index is 0.0827. The molecule has 3 nitrogen and oxygen atoms in total. The van der Waals surface area contributed by atoms with E-state index in [1.807, 2.05) is 0 Å². The number of ether oxygens (including phenoxy) is 1. The third kappa shape index (κ3) is 2.34. The van der Waals surface area contributed by atoms with Crippen molar-refractivity contribution < 1.29 is 14.6 Å². The summed E-state index contributed by atoms with van der Waals surface area (Å²) in [5.41, 5.74) is 2.08. The van der Waals surface area contributed by atoms with E-state index in [1.54, 1.807) is 5.57 Å². The first-order chi connectivity index (χ1) is 11.5. The first kappa shape index (κ1) is 16.8. The van der Waals surface area contributed by atoms with Crippen LogP contribution in [0.25, 0.3) is 0 Å². The zero-order valence-corrected chi connectivity index (χ0v) is 15.2. The van der Waals surface area contributed by atoms with E-state index in [-0.39, 0.29) is 24.2 Å². The lowest BCUT2D eigenvalue weighted by Crippen LogP contribution is -2.51. The maximum Gasteiger partial charge on any atom is 0.145 e. The van der Waals surface area contributed by atoms with Gasteiger partial charge in [-0.3, -0.25) is 0 Å². The van der Waals surface area contributed by atoms with E-state index in [9.17, 15) is 9.90 Å². The topological polar surface area (TPSA) is 46.5 Å². The molecule has 134 valence electrons. The molecule has 0 radical (unpaired) electrons. The van der Waals surface area contributed by atoms with E-state index >= 15 is 0 Å². The Morgan fingerprint density at radius 1 is 1.17 bits per heavy atom. The molecule has 3 fully saturated rings. The van der Waals surface area contributed by atoms with Gasteiger partial charge in [0.25, 0.3) is 0 Å². The van der Waals surface area contributed by atoms with Crippen molar-refractivity contribution in [3.63, 3.8) is 0 Å². The van der Waals surface area contributed by atoms with Crippen LogP contribution >= 0.6 is 0 Å². The molecule has 0 aromatic rings. The van der Waals surface area contributed by atoms with Gasteiger partial charge in [0, 0.05) is 0 Å². The summed E-state index contributed by atoms with van der Waals surface area (Å²) >= 11 is 0. The van der Waals surface area contributed by atoms with Crippen LogP contribution in [0.3, 0.4) is 0 Å². The second-order valence-electron chi connectivity index (χ2n) is 9.24. The Bertz CT molecular complexity index is 541. The summed E-state index contributed by atoms with van der Waals surface area (Å²) in [6.07, 6.45) is 12.6. The average Bonchev–Trinajstić information content (AvgIpc) is 2.88. The smallest absolute Gasteiger partial charge is 0.145 e. The number of aliphatic hydroxyl groups excluding tert-OH is 1. The van der Waals surface area contributed by atoms with Crippen LogP contribution in [0, 0.1) is 28.6 Å². The Hall–Kier alpha value is -0.670. The standard InChI is InChI=1S/C21H32O3/c1-20-9-7-15(24-12-11-22)13-14(20)3-4-16-17-5-6-19(23)21(17,2)10-8-18(16)20/h11,13,15-19,23H,3-10,12H2,1-2H3/t15-,16?,17?,18?,19?,20?,21?/m1/s1. The van der Waals surface area contributed by atoms with Crippen LogP contribution in [-0.2, 0) is 9.53 Å². The summed E-state index contributed by atoms with van der Waals surface area (Å²) in [6.45, 7) is 5.05. The van der Waals surface area contributed by atoms with Gasteiger partial charge in [0.1, 0.15) is 12.9 Å². The lowest BCUT2D eigenvalue weighted by molar-refractivity contribution is -0.113. The lowest BCUT2D eigenvalue weighted by atomic mass is 9.47. The highest BCUT2D eigenvalue weighted by atomic mass is 16.5. The van der Waals surface area contributed by atoms with Gasteiger partial charge >= 0.3 is 0 Å². The third-order valence-electron chi connectivity index (χ3n) is 8.40. The Morgan fingerprint density at radius 3 is 2.79 bits per heavy atom. The first-order valence-electron chi connectivity index (χ1n) is 9.93. The molecule has 0 saturated heterocycles. The molecule has 0 aromatic carbocycles. The maximum atomic E-state index is 10.6. The summed E-state index contributed by atoms with van der Waals surface area (Å²) in [5, 5.41) is 10.5.